The molecule has 0 aliphatic carbocycles. The molecule has 9 heteroatoms. The van der Waals surface area contributed by atoms with Crippen molar-refractivity contribution in [2.75, 3.05) is 18.0 Å². The molecule has 0 amide bonds. The molecule has 0 radical (unpaired) electrons. The first-order chi connectivity index (χ1) is 16.8. The number of aromatic nitrogens is 7. The molecule has 1 aliphatic heterocycles. The molecule has 9 nitrogen and oxygen atoms in total. The molecule has 0 spiro atoms. The highest BCUT2D eigenvalue weighted by Gasteiger charge is 2.22. The van der Waals surface area contributed by atoms with Crippen molar-refractivity contribution in [1.82, 2.24) is 35.2 Å². The van der Waals surface area contributed by atoms with E-state index < -0.39 is 0 Å². The minimum Gasteiger partial charge on any atom is -0.487 e. The normalized spacial score (nSPS) is 14.3. The molecule has 0 atom stereocenters. The fraction of sp³-hybridized carbons (Fsp3) is 0.360. The molecule has 1 fully saturated rings. The van der Waals surface area contributed by atoms with Gasteiger partial charge in [-0.3, -0.25) is 4.98 Å². The number of aryl methyl sites for hydroxylation is 1. The number of hydrogen-bond acceptors (Lipinski definition) is 8. The Kier molecular flexibility index (Phi) is 6.69. The fourth-order valence-electron chi connectivity index (χ4n) is 4.24. The largest absolute Gasteiger partial charge is 0.487 e. The summed E-state index contributed by atoms with van der Waals surface area (Å²) in [7, 11) is 0. The lowest BCUT2D eigenvalue weighted by molar-refractivity contribution is 0.301. The van der Waals surface area contributed by atoms with Gasteiger partial charge in [0.2, 0.25) is 5.95 Å². The molecule has 1 saturated heterocycles. The molecular weight excluding hydrogens is 428 g/mol. The van der Waals surface area contributed by atoms with Gasteiger partial charge in [0.15, 0.2) is 0 Å². The van der Waals surface area contributed by atoms with E-state index in [1.54, 1.807) is 11.0 Å². The second-order valence-electron chi connectivity index (χ2n) is 8.52. The Labute approximate surface area is 198 Å². The third-order valence-electron chi connectivity index (χ3n) is 6.16. The lowest BCUT2D eigenvalue weighted by Crippen LogP contribution is -2.34. The van der Waals surface area contributed by atoms with Crippen LogP contribution in [0, 0.1) is 0 Å². The number of ether oxygens (including phenoxy) is 1. The molecule has 1 aromatic carbocycles. The van der Waals surface area contributed by atoms with Gasteiger partial charge in [0.25, 0.3) is 0 Å². The number of pyridine rings is 1. The molecule has 174 valence electrons. The number of nitrogens with zero attached hydrogens (tertiary/aromatic N) is 8. The SMILES string of the molecule is CCCc1cnc(N2CCC(c3ccc(COc4ccc(-n5cnnn5)cc4)nc3)CC2)nc1. The van der Waals surface area contributed by atoms with E-state index in [1.807, 2.05) is 42.9 Å². The molecule has 0 saturated carbocycles. The van der Waals surface area contributed by atoms with Gasteiger partial charge in [0.1, 0.15) is 18.7 Å². The molecular formula is C25H28N8O. The van der Waals surface area contributed by atoms with Crippen LogP contribution in [0.5, 0.6) is 5.75 Å². The first kappa shape index (κ1) is 21.9. The van der Waals surface area contributed by atoms with Crippen molar-refractivity contribution < 1.29 is 4.74 Å². The zero-order chi connectivity index (χ0) is 23.2. The summed E-state index contributed by atoms with van der Waals surface area (Å²) in [6.45, 7) is 4.52. The van der Waals surface area contributed by atoms with Gasteiger partial charge in [-0.15, -0.1) is 5.10 Å². The van der Waals surface area contributed by atoms with Crippen LogP contribution in [-0.4, -0.2) is 48.2 Å². The van der Waals surface area contributed by atoms with Gasteiger partial charge in [-0.25, -0.2) is 14.6 Å². The number of anilines is 1. The summed E-state index contributed by atoms with van der Waals surface area (Å²) in [5, 5.41) is 11.2. The maximum Gasteiger partial charge on any atom is 0.225 e. The summed E-state index contributed by atoms with van der Waals surface area (Å²) in [6.07, 6.45) is 11.8. The molecule has 4 aromatic rings. The summed E-state index contributed by atoms with van der Waals surface area (Å²) in [4.78, 5) is 16.1. The Morgan fingerprint density at radius 2 is 1.74 bits per heavy atom. The number of rotatable bonds is 8. The Hall–Kier alpha value is -3.88. The van der Waals surface area contributed by atoms with E-state index in [9.17, 15) is 0 Å². The topological polar surface area (TPSA) is 94.7 Å². The predicted octanol–water partition coefficient (Wildman–Crippen LogP) is 3.76. The highest BCUT2D eigenvalue weighted by molar-refractivity contribution is 5.36. The summed E-state index contributed by atoms with van der Waals surface area (Å²) in [6, 6.07) is 11.9. The maximum absolute atomic E-state index is 5.89. The van der Waals surface area contributed by atoms with Gasteiger partial charge >= 0.3 is 0 Å². The van der Waals surface area contributed by atoms with Crippen LogP contribution in [0.4, 0.5) is 5.95 Å². The zero-order valence-electron chi connectivity index (χ0n) is 19.3. The van der Waals surface area contributed by atoms with E-state index in [4.69, 9.17) is 4.74 Å². The summed E-state index contributed by atoms with van der Waals surface area (Å²) in [5.74, 6) is 2.13. The van der Waals surface area contributed by atoms with E-state index in [-0.39, 0.29) is 0 Å². The van der Waals surface area contributed by atoms with Crippen molar-refractivity contribution in [3.8, 4) is 11.4 Å². The number of tetrazole rings is 1. The predicted molar refractivity (Wildman–Crippen MR) is 128 cm³/mol. The van der Waals surface area contributed by atoms with E-state index in [1.165, 1.54) is 11.1 Å². The van der Waals surface area contributed by atoms with Crippen molar-refractivity contribution in [3.05, 3.63) is 78.1 Å². The highest BCUT2D eigenvalue weighted by atomic mass is 16.5. The fourth-order valence-corrected chi connectivity index (χ4v) is 4.24. The Balaban J connectivity index is 1.11. The molecule has 0 unspecified atom stereocenters. The van der Waals surface area contributed by atoms with E-state index in [2.05, 4.69) is 54.4 Å². The standard InChI is InChI=1S/C25H28N8O/c1-2-3-19-14-27-25(28-15-19)32-12-10-20(11-13-32)21-4-5-22(26-16-21)17-34-24-8-6-23(7-9-24)33-18-29-30-31-33/h4-9,14-16,18,20H,2-3,10-13,17H2,1H3. The average molecular weight is 457 g/mol. The minimum absolute atomic E-state index is 0.425. The Morgan fingerprint density at radius 3 is 2.38 bits per heavy atom. The third kappa shape index (κ3) is 5.19. The van der Waals surface area contributed by atoms with Crippen LogP contribution in [0.3, 0.4) is 0 Å². The molecule has 0 N–H and O–H groups in total. The first-order valence-corrected chi connectivity index (χ1v) is 11.8. The highest BCUT2D eigenvalue weighted by Crippen LogP contribution is 2.29. The second-order valence-corrected chi connectivity index (χ2v) is 8.52. The lowest BCUT2D eigenvalue weighted by Gasteiger charge is -2.32. The smallest absolute Gasteiger partial charge is 0.225 e. The van der Waals surface area contributed by atoms with Crippen LogP contribution in [0.15, 0.2) is 61.3 Å². The third-order valence-corrected chi connectivity index (χ3v) is 6.16. The minimum atomic E-state index is 0.425. The first-order valence-electron chi connectivity index (χ1n) is 11.8. The second kappa shape index (κ2) is 10.4. The van der Waals surface area contributed by atoms with Gasteiger partial charge in [-0.1, -0.05) is 19.4 Å². The van der Waals surface area contributed by atoms with Crippen LogP contribution in [0.1, 0.15) is 48.9 Å². The van der Waals surface area contributed by atoms with Crippen LogP contribution in [-0.2, 0) is 13.0 Å². The quantitative estimate of drug-likeness (QED) is 0.396. The number of hydrogen-bond donors (Lipinski definition) is 0. The van der Waals surface area contributed by atoms with Gasteiger partial charge in [-0.2, -0.15) is 0 Å². The average Bonchev–Trinajstić information content (AvgIpc) is 3.44. The van der Waals surface area contributed by atoms with Crippen molar-refractivity contribution >= 4 is 5.95 Å². The lowest BCUT2D eigenvalue weighted by atomic mass is 9.90. The van der Waals surface area contributed by atoms with Crippen molar-refractivity contribution in [2.24, 2.45) is 0 Å². The van der Waals surface area contributed by atoms with Crippen LogP contribution in [0.2, 0.25) is 0 Å². The van der Waals surface area contributed by atoms with Crippen LogP contribution < -0.4 is 9.64 Å². The molecule has 3 aromatic heterocycles. The molecule has 0 bridgehead atoms. The number of benzene rings is 1. The summed E-state index contributed by atoms with van der Waals surface area (Å²) in [5.41, 5.74) is 4.28. The number of piperidine rings is 1. The summed E-state index contributed by atoms with van der Waals surface area (Å²) < 4.78 is 7.49. The maximum atomic E-state index is 5.89. The van der Waals surface area contributed by atoms with Gasteiger partial charge < -0.3 is 9.64 Å². The van der Waals surface area contributed by atoms with Gasteiger partial charge in [-0.05, 0) is 77.1 Å². The Bertz CT molecular complexity index is 1150. The van der Waals surface area contributed by atoms with Crippen molar-refractivity contribution in [3.63, 3.8) is 0 Å². The van der Waals surface area contributed by atoms with Crippen molar-refractivity contribution in [2.45, 2.75) is 45.1 Å². The molecule has 34 heavy (non-hydrogen) atoms. The molecule has 4 heterocycles. The van der Waals surface area contributed by atoms with Crippen LogP contribution in [0.25, 0.3) is 5.69 Å². The Morgan fingerprint density at radius 1 is 0.941 bits per heavy atom. The van der Waals surface area contributed by atoms with E-state index in [0.29, 0.717) is 12.5 Å². The molecule has 5 rings (SSSR count). The van der Waals surface area contributed by atoms with Crippen molar-refractivity contribution in [1.29, 1.82) is 0 Å². The summed E-state index contributed by atoms with van der Waals surface area (Å²) >= 11 is 0. The van der Waals surface area contributed by atoms with Gasteiger partial charge in [0.05, 0.1) is 11.4 Å². The van der Waals surface area contributed by atoms with Crippen LogP contribution >= 0.6 is 0 Å². The van der Waals surface area contributed by atoms with E-state index in [0.717, 1.165) is 61.9 Å². The van der Waals surface area contributed by atoms with Gasteiger partial charge in [0, 0.05) is 31.7 Å². The zero-order valence-corrected chi connectivity index (χ0v) is 19.3. The monoisotopic (exact) mass is 456 g/mol. The van der Waals surface area contributed by atoms with E-state index >= 15 is 0 Å². The molecule has 1 aliphatic rings.